The Morgan fingerprint density at radius 3 is 1.85 bits per heavy atom. The SMILES string of the molecule is COCC(=O)NCc1ccccc1.COCCO.NCc1ccccc1. The lowest BCUT2D eigenvalue weighted by molar-refractivity contribution is -0.124. The molecule has 1 amide bonds. The van der Waals surface area contributed by atoms with Gasteiger partial charge in [0, 0.05) is 27.3 Å². The Hall–Kier alpha value is -2.25. The van der Waals surface area contributed by atoms with Crippen LogP contribution >= 0.6 is 0 Å². The van der Waals surface area contributed by atoms with Crippen LogP contribution in [0.2, 0.25) is 0 Å². The fourth-order valence-electron chi connectivity index (χ4n) is 1.68. The normalized spacial score (nSPS) is 9.23. The molecule has 0 saturated heterocycles. The lowest BCUT2D eigenvalue weighted by Crippen LogP contribution is -2.26. The highest BCUT2D eigenvalue weighted by atomic mass is 16.5. The number of hydrogen-bond acceptors (Lipinski definition) is 5. The van der Waals surface area contributed by atoms with Crippen molar-refractivity contribution in [1.82, 2.24) is 5.32 Å². The first-order valence-corrected chi connectivity index (χ1v) is 8.31. The topological polar surface area (TPSA) is 93.8 Å². The maximum absolute atomic E-state index is 11.0. The van der Waals surface area contributed by atoms with Crippen molar-refractivity contribution >= 4 is 5.91 Å². The molecule has 0 bridgehead atoms. The number of aliphatic hydroxyl groups is 1. The molecule has 0 aromatic heterocycles. The van der Waals surface area contributed by atoms with Gasteiger partial charge in [-0.25, -0.2) is 0 Å². The van der Waals surface area contributed by atoms with Crippen molar-refractivity contribution in [3.05, 3.63) is 71.8 Å². The van der Waals surface area contributed by atoms with E-state index in [4.69, 9.17) is 10.8 Å². The number of aliphatic hydroxyl groups excluding tert-OH is 1. The number of hydrogen-bond donors (Lipinski definition) is 3. The zero-order valence-electron chi connectivity index (χ0n) is 15.6. The van der Waals surface area contributed by atoms with Gasteiger partial charge in [0.05, 0.1) is 13.2 Å². The lowest BCUT2D eigenvalue weighted by atomic mass is 10.2. The third-order valence-electron chi connectivity index (χ3n) is 2.98. The highest BCUT2D eigenvalue weighted by molar-refractivity contribution is 5.77. The van der Waals surface area contributed by atoms with Gasteiger partial charge in [0.15, 0.2) is 0 Å². The van der Waals surface area contributed by atoms with E-state index in [0.29, 0.717) is 19.7 Å². The second kappa shape index (κ2) is 17.6. The molecule has 0 heterocycles. The quantitative estimate of drug-likeness (QED) is 0.697. The van der Waals surface area contributed by atoms with Crippen LogP contribution in [0.25, 0.3) is 0 Å². The number of carbonyl (C=O) groups is 1. The number of amides is 1. The van der Waals surface area contributed by atoms with E-state index in [2.05, 4.69) is 14.8 Å². The van der Waals surface area contributed by atoms with Crippen LogP contribution in [0.5, 0.6) is 0 Å². The molecule has 0 atom stereocenters. The molecule has 26 heavy (non-hydrogen) atoms. The molecule has 4 N–H and O–H groups in total. The molecule has 2 aromatic carbocycles. The van der Waals surface area contributed by atoms with Crippen molar-refractivity contribution in [2.75, 3.05) is 34.0 Å². The van der Waals surface area contributed by atoms with E-state index in [9.17, 15) is 4.79 Å². The molecular formula is C20H30N2O4. The predicted octanol–water partition coefficient (Wildman–Crippen LogP) is 1.72. The molecule has 2 aromatic rings. The molecule has 2 rings (SSSR count). The van der Waals surface area contributed by atoms with Crippen molar-refractivity contribution in [2.24, 2.45) is 5.73 Å². The number of ether oxygens (including phenoxy) is 2. The number of nitrogens with two attached hydrogens (primary N) is 1. The van der Waals surface area contributed by atoms with Gasteiger partial charge in [-0.05, 0) is 11.1 Å². The molecular weight excluding hydrogens is 332 g/mol. The first-order chi connectivity index (χ1) is 12.7. The van der Waals surface area contributed by atoms with Crippen molar-refractivity contribution in [1.29, 1.82) is 0 Å². The van der Waals surface area contributed by atoms with Crippen molar-refractivity contribution in [3.63, 3.8) is 0 Å². The minimum absolute atomic E-state index is 0.0913. The zero-order valence-corrected chi connectivity index (χ0v) is 15.6. The Morgan fingerprint density at radius 1 is 0.962 bits per heavy atom. The van der Waals surface area contributed by atoms with Crippen molar-refractivity contribution < 1.29 is 19.4 Å². The maximum Gasteiger partial charge on any atom is 0.246 e. The number of nitrogens with one attached hydrogen (secondary N) is 1. The van der Waals surface area contributed by atoms with Crippen LogP contribution in [0.4, 0.5) is 0 Å². The van der Waals surface area contributed by atoms with Crippen LogP contribution in [0.15, 0.2) is 60.7 Å². The summed E-state index contributed by atoms with van der Waals surface area (Å²) in [6.45, 7) is 1.88. The fraction of sp³-hybridized carbons (Fsp3) is 0.350. The van der Waals surface area contributed by atoms with Crippen LogP contribution < -0.4 is 11.1 Å². The molecule has 0 unspecified atom stereocenters. The summed E-state index contributed by atoms with van der Waals surface area (Å²) in [7, 11) is 3.05. The minimum Gasteiger partial charge on any atom is -0.394 e. The number of methoxy groups -OCH3 is 2. The number of carbonyl (C=O) groups excluding carboxylic acids is 1. The van der Waals surface area contributed by atoms with E-state index in [0.717, 1.165) is 5.56 Å². The van der Waals surface area contributed by atoms with Crippen molar-refractivity contribution in [3.8, 4) is 0 Å². The van der Waals surface area contributed by atoms with E-state index in [1.807, 2.05) is 60.7 Å². The van der Waals surface area contributed by atoms with Gasteiger partial charge in [-0.1, -0.05) is 60.7 Å². The largest absolute Gasteiger partial charge is 0.394 e. The molecule has 0 aliphatic carbocycles. The smallest absolute Gasteiger partial charge is 0.246 e. The van der Waals surface area contributed by atoms with E-state index in [1.54, 1.807) is 7.11 Å². The van der Waals surface area contributed by atoms with Crippen LogP contribution in [0.1, 0.15) is 11.1 Å². The highest BCUT2D eigenvalue weighted by Gasteiger charge is 1.98. The Kier molecular flexibility index (Phi) is 16.0. The first kappa shape index (κ1) is 23.8. The van der Waals surface area contributed by atoms with Crippen LogP contribution in [-0.2, 0) is 27.4 Å². The highest BCUT2D eigenvalue weighted by Crippen LogP contribution is 1.96. The minimum atomic E-state index is -0.0913. The first-order valence-electron chi connectivity index (χ1n) is 8.31. The molecule has 0 spiro atoms. The van der Waals surface area contributed by atoms with Gasteiger partial charge in [0.2, 0.25) is 5.91 Å². The summed E-state index contributed by atoms with van der Waals surface area (Å²) < 4.78 is 9.12. The molecule has 6 nitrogen and oxygen atoms in total. The van der Waals surface area contributed by atoms with Crippen molar-refractivity contribution in [2.45, 2.75) is 13.1 Å². The third-order valence-corrected chi connectivity index (χ3v) is 2.98. The number of rotatable bonds is 7. The fourth-order valence-corrected chi connectivity index (χ4v) is 1.68. The molecule has 0 aliphatic rings. The standard InChI is InChI=1S/C10H13NO2.C7H9N.C3H8O2/c1-13-8-10(12)11-7-9-5-3-2-4-6-9;8-6-7-4-2-1-3-5-7;1-5-3-2-4/h2-6H,7-8H2,1H3,(H,11,12);1-5H,6,8H2;4H,2-3H2,1H3. The Balaban J connectivity index is 0.000000409. The van der Waals surface area contributed by atoms with Gasteiger partial charge in [0.25, 0.3) is 0 Å². The molecule has 0 radical (unpaired) electrons. The molecule has 0 aliphatic heterocycles. The second-order valence-corrected chi connectivity index (χ2v) is 5.10. The Bertz CT molecular complexity index is 548. The summed E-state index contributed by atoms with van der Waals surface area (Å²) in [5, 5.41) is 10.7. The number of benzene rings is 2. The van der Waals surface area contributed by atoms with Gasteiger partial charge in [-0.15, -0.1) is 0 Å². The van der Waals surface area contributed by atoms with Gasteiger partial charge in [0.1, 0.15) is 6.61 Å². The summed E-state index contributed by atoms with van der Waals surface area (Å²) in [4.78, 5) is 11.0. The Labute approximate surface area is 155 Å². The summed E-state index contributed by atoms with van der Waals surface area (Å²) >= 11 is 0. The van der Waals surface area contributed by atoms with E-state index in [-0.39, 0.29) is 19.1 Å². The lowest BCUT2D eigenvalue weighted by Gasteiger charge is -2.03. The monoisotopic (exact) mass is 362 g/mol. The van der Waals surface area contributed by atoms with Crippen LogP contribution in [-0.4, -0.2) is 45.1 Å². The average Bonchev–Trinajstić information content (AvgIpc) is 2.70. The van der Waals surface area contributed by atoms with E-state index in [1.165, 1.54) is 12.7 Å². The van der Waals surface area contributed by atoms with E-state index >= 15 is 0 Å². The second-order valence-electron chi connectivity index (χ2n) is 5.10. The zero-order chi connectivity index (χ0) is 19.5. The van der Waals surface area contributed by atoms with Crippen LogP contribution in [0, 0.1) is 0 Å². The average molecular weight is 362 g/mol. The summed E-state index contributed by atoms with van der Waals surface area (Å²) in [5.74, 6) is -0.0913. The molecule has 0 fully saturated rings. The predicted molar refractivity (Wildman–Crippen MR) is 103 cm³/mol. The maximum atomic E-state index is 11.0. The van der Waals surface area contributed by atoms with Gasteiger partial charge in [-0.2, -0.15) is 0 Å². The Morgan fingerprint density at radius 2 is 1.50 bits per heavy atom. The molecule has 0 saturated carbocycles. The van der Waals surface area contributed by atoms with Crippen LogP contribution in [0.3, 0.4) is 0 Å². The van der Waals surface area contributed by atoms with Gasteiger partial charge in [-0.3, -0.25) is 4.79 Å². The van der Waals surface area contributed by atoms with Gasteiger partial charge >= 0.3 is 0 Å². The van der Waals surface area contributed by atoms with Gasteiger partial charge < -0.3 is 25.6 Å². The third kappa shape index (κ3) is 14.1. The summed E-state index contributed by atoms with van der Waals surface area (Å²) in [5.41, 5.74) is 7.63. The molecule has 144 valence electrons. The molecule has 6 heteroatoms. The van der Waals surface area contributed by atoms with E-state index < -0.39 is 0 Å². The summed E-state index contributed by atoms with van der Waals surface area (Å²) in [6.07, 6.45) is 0. The summed E-state index contributed by atoms with van der Waals surface area (Å²) in [6, 6.07) is 19.7.